The van der Waals surface area contributed by atoms with Crippen molar-refractivity contribution in [3.05, 3.63) is 75.6 Å². The van der Waals surface area contributed by atoms with E-state index in [1.807, 2.05) is 0 Å². The molecular weight excluding hydrogens is 346 g/mol. The number of hydrogen-bond donors (Lipinski definition) is 1. The van der Waals surface area contributed by atoms with Crippen molar-refractivity contribution in [3.63, 3.8) is 0 Å². The lowest BCUT2D eigenvalue weighted by Crippen LogP contribution is -2.31. The molecule has 0 unspecified atom stereocenters. The summed E-state index contributed by atoms with van der Waals surface area (Å²) in [4.78, 5) is 36.0. The lowest BCUT2D eigenvalue weighted by Gasteiger charge is -2.08. The first-order valence-electron chi connectivity index (χ1n) is 8.74. The molecule has 0 bridgehead atoms. The predicted octanol–water partition coefficient (Wildman–Crippen LogP) is 2.62. The van der Waals surface area contributed by atoms with Crippen molar-refractivity contribution in [2.24, 2.45) is 0 Å². The Morgan fingerprint density at radius 2 is 1.81 bits per heavy atom. The second kappa shape index (κ2) is 7.07. The van der Waals surface area contributed by atoms with E-state index in [2.05, 4.69) is 5.32 Å². The molecule has 0 fully saturated rings. The highest BCUT2D eigenvalue weighted by atomic mass is 16.5. The molecule has 27 heavy (non-hydrogen) atoms. The van der Waals surface area contributed by atoms with Crippen LogP contribution in [0, 0.1) is 0 Å². The van der Waals surface area contributed by atoms with Crippen LogP contribution < -0.4 is 15.7 Å². The number of carbonyl (C=O) groups excluding carboxylic acids is 2. The normalized spacial score (nSPS) is 12.6. The van der Waals surface area contributed by atoms with Gasteiger partial charge in [0.25, 0.3) is 5.91 Å². The fraction of sp³-hybridized carbons (Fsp3) is 0.190. The van der Waals surface area contributed by atoms with E-state index < -0.39 is 5.97 Å². The van der Waals surface area contributed by atoms with Gasteiger partial charge in [0, 0.05) is 22.6 Å². The zero-order chi connectivity index (χ0) is 18.8. The first kappa shape index (κ1) is 17.0. The third kappa shape index (κ3) is 3.46. The first-order valence-corrected chi connectivity index (χ1v) is 8.74. The zero-order valence-corrected chi connectivity index (χ0v) is 14.5. The number of carbonyl (C=O) groups is 2. The van der Waals surface area contributed by atoms with Gasteiger partial charge in [-0.1, -0.05) is 18.2 Å². The van der Waals surface area contributed by atoms with Crippen LogP contribution in [-0.4, -0.2) is 18.4 Å². The van der Waals surface area contributed by atoms with Crippen LogP contribution in [0.1, 0.15) is 27.9 Å². The number of ether oxygens (including phenoxy) is 1. The summed E-state index contributed by atoms with van der Waals surface area (Å²) in [6.07, 6.45) is 2.53. The minimum Gasteiger partial charge on any atom is -0.425 e. The van der Waals surface area contributed by atoms with Gasteiger partial charge in [0.15, 0.2) is 0 Å². The van der Waals surface area contributed by atoms with Gasteiger partial charge in [-0.3, -0.25) is 4.79 Å². The van der Waals surface area contributed by atoms with E-state index in [9.17, 15) is 14.4 Å². The summed E-state index contributed by atoms with van der Waals surface area (Å²) >= 11 is 0. The van der Waals surface area contributed by atoms with Crippen LogP contribution in [0.4, 0.5) is 0 Å². The number of esters is 1. The van der Waals surface area contributed by atoms with Crippen molar-refractivity contribution in [2.75, 3.05) is 6.54 Å². The number of hydrogen-bond acceptors (Lipinski definition) is 5. The molecule has 6 nitrogen and oxygen atoms in total. The summed E-state index contributed by atoms with van der Waals surface area (Å²) in [5.74, 6) is -0.697. The Morgan fingerprint density at radius 1 is 1.04 bits per heavy atom. The molecule has 136 valence electrons. The summed E-state index contributed by atoms with van der Waals surface area (Å²) in [6.45, 7) is -0.264. The van der Waals surface area contributed by atoms with Crippen LogP contribution in [0.2, 0.25) is 0 Å². The highest BCUT2D eigenvalue weighted by Crippen LogP contribution is 2.29. The van der Waals surface area contributed by atoms with Crippen molar-refractivity contribution < 1.29 is 18.7 Å². The van der Waals surface area contributed by atoms with E-state index in [4.69, 9.17) is 9.15 Å². The molecule has 2 aromatic carbocycles. The minimum atomic E-state index is -0.609. The van der Waals surface area contributed by atoms with Crippen LogP contribution in [0.5, 0.6) is 5.75 Å². The van der Waals surface area contributed by atoms with E-state index in [1.165, 1.54) is 6.07 Å². The summed E-state index contributed by atoms with van der Waals surface area (Å²) in [5, 5.41) is 3.39. The molecule has 0 radical (unpaired) electrons. The lowest BCUT2D eigenvalue weighted by molar-refractivity contribution is -0.133. The molecule has 0 atom stereocenters. The van der Waals surface area contributed by atoms with E-state index in [-0.39, 0.29) is 23.8 Å². The quantitative estimate of drug-likeness (QED) is 0.437. The van der Waals surface area contributed by atoms with E-state index in [0.29, 0.717) is 11.1 Å². The highest BCUT2D eigenvalue weighted by Gasteiger charge is 2.20. The van der Waals surface area contributed by atoms with E-state index in [0.717, 1.165) is 35.8 Å². The van der Waals surface area contributed by atoms with Crippen molar-refractivity contribution >= 4 is 22.8 Å². The second-order valence-electron chi connectivity index (χ2n) is 6.38. The van der Waals surface area contributed by atoms with Crippen LogP contribution >= 0.6 is 0 Å². The SMILES string of the molecule is O=C(CNC(=O)c1ccccc1)Oc1ccc2c3c(c(=O)oc2c1)CCC3. The van der Waals surface area contributed by atoms with Crippen LogP contribution in [0.25, 0.3) is 11.0 Å². The molecule has 4 rings (SSSR count). The topological polar surface area (TPSA) is 85.6 Å². The van der Waals surface area contributed by atoms with Gasteiger partial charge in [0.2, 0.25) is 0 Å². The molecule has 1 N–H and O–H groups in total. The number of amides is 1. The summed E-state index contributed by atoms with van der Waals surface area (Å²) < 4.78 is 10.6. The maximum Gasteiger partial charge on any atom is 0.339 e. The third-order valence-electron chi connectivity index (χ3n) is 4.61. The number of fused-ring (bicyclic) bond motifs is 3. The predicted molar refractivity (Wildman–Crippen MR) is 98.9 cm³/mol. The molecule has 0 saturated heterocycles. The lowest BCUT2D eigenvalue weighted by atomic mass is 10.1. The van der Waals surface area contributed by atoms with Gasteiger partial charge in [-0.25, -0.2) is 9.59 Å². The Balaban J connectivity index is 1.45. The zero-order valence-electron chi connectivity index (χ0n) is 14.5. The van der Waals surface area contributed by atoms with Crippen LogP contribution in [-0.2, 0) is 17.6 Å². The second-order valence-corrected chi connectivity index (χ2v) is 6.38. The molecule has 0 saturated carbocycles. The maximum atomic E-state index is 12.0. The number of rotatable bonds is 4. The van der Waals surface area contributed by atoms with Crippen molar-refractivity contribution in [3.8, 4) is 5.75 Å². The van der Waals surface area contributed by atoms with Crippen molar-refractivity contribution in [1.82, 2.24) is 5.32 Å². The maximum absolute atomic E-state index is 12.0. The monoisotopic (exact) mass is 363 g/mol. The third-order valence-corrected chi connectivity index (χ3v) is 4.61. The van der Waals surface area contributed by atoms with Gasteiger partial charge >= 0.3 is 11.6 Å². The summed E-state index contributed by atoms with van der Waals surface area (Å²) in [6, 6.07) is 13.6. The van der Waals surface area contributed by atoms with Gasteiger partial charge < -0.3 is 14.5 Å². The average molecular weight is 363 g/mol. The Labute approximate surface area is 154 Å². The molecule has 3 aromatic rings. The van der Waals surface area contributed by atoms with Gasteiger partial charge in [-0.2, -0.15) is 0 Å². The molecular formula is C21H17NO5. The molecule has 1 aliphatic carbocycles. The standard InChI is InChI=1S/C21H17NO5/c23-19(12-22-20(24)13-5-2-1-3-6-13)26-14-9-10-16-15-7-4-8-17(15)21(25)27-18(16)11-14/h1-3,5-6,9-11H,4,7-8,12H2,(H,22,24). The largest absolute Gasteiger partial charge is 0.425 e. The molecule has 6 heteroatoms. The molecule has 1 aromatic heterocycles. The Morgan fingerprint density at radius 3 is 2.63 bits per heavy atom. The Bertz CT molecular complexity index is 1080. The fourth-order valence-corrected chi connectivity index (χ4v) is 3.34. The van der Waals surface area contributed by atoms with Gasteiger partial charge in [-0.05, 0) is 49.1 Å². The fourth-order valence-electron chi connectivity index (χ4n) is 3.34. The van der Waals surface area contributed by atoms with Crippen molar-refractivity contribution in [1.29, 1.82) is 0 Å². The average Bonchev–Trinajstić information content (AvgIpc) is 3.17. The van der Waals surface area contributed by atoms with Crippen LogP contribution in [0.3, 0.4) is 0 Å². The minimum absolute atomic E-state index is 0.264. The number of benzene rings is 2. The van der Waals surface area contributed by atoms with Gasteiger partial charge in [-0.15, -0.1) is 0 Å². The number of aryl methyl sites for hydroxylation is 1. The summed E-state index contributed by atoms with van der Waals surface area (Å²) in [5.41, 5.74) is 2.31. The van der Waals surface area contributed by atoms with Gasteiger partial charge in [0.1, 0.15) is 17.9 Å². The van der Waals surface area contributed by atoms with E-state index >= 15 is 0 Å². The highest BCUT2D eigenvalue weighted by molar-refractivity contribution is 5.96. The van der Waals surface area contributed by atoms with Crippen molar-refractivity contribution in [2.45, 2.75) is 19.3 Å². The number of nitrogens with one attached hydrogen (secondary N) is 1. The smallest absolute Gasteiger partial charge is 0.339 e. The molecule has 0 spiro atoms. The van der Waals surface area contributed by atoms with E-state index in [1.54, 1.807) is 42.5 Å². The summed E-state index contributed by atoms with van der Waals surface area (Å²) in [7, 11) is 0. The van der Waals surface area contributed by atoms with Crippen LogP contribution in [0.15, 0.2) is 57.7 Å². The first-order chi connectivity index (χ1) is 13.1. The molecule has 1 heterocycles. The van der Waals surface area contributed by atoms with Gasteiger partial charge in [0.05, 0.1) is 0 Å². The Hall–Kier alpha value is -3.41. The molecule has 1 aliphatic rings. The Kier molecular flexibility index (Phi) is 4.46. The molecule has 0 aliphatic heterocycles. The molecule has 1 amide bonds.